The van der Waals surface area contributed by atoms with Crippen LogP contribution in [0.5, 0.6) is 0 Å². The first-order valence-corrected chi connectivity index (χ1v) is 8.41. The number of hydrogen-bond donors (Lipinski definition) is 0. The first-order chi connectivity index (χ1) is 12.8. The van der Waals surface area contributed by atoms with Crippen LogP contribution < -0.4 is 0 Å². The van der Waals surface area contributed by atoms with Crippen molar-refractivity contribution in [2.75, 3.05) is 0 Å². The summed E-state index contributed by atoms with van der Waals surface area (Å²) in [5.74, 6) is 0. The van der Waals surface area contributed by atoms with Gasteiger partial charge in [0.2, 0.25) is 0 Å². The Bertz CT molecular complexity index is 966. The summed E-state index contributed by atoms with van der Waals surface area (Å²) in [4.78, 5) is 13.7. The van der Waals surface area contributed by atoms with Gasteiger partial charge >= 0.3 is 0 Å². The zero-order chi connectivity index (χ0) is 17.8. The second kappa shape index (κ2) is 7.11. The van der Waals surface area contributed by atoms with Gasteiger partial charge in [0.1, 0.15) is 0 Å². The van der Waals surface area contributed by atoms with Gasteiger partial charge in [-0.3, -0.25) is 9.97 Å². The van der Waals surface area contributed by atoms with Crippen LogP contribution in [-0.2, 0) is 0 Å². The third-order valence-corrected chi connectivity index (χ3v) is 4.16. The molecule has 4 rings (SSSR count). The lowest BCUT2D eigenvalue weighted by molar-refractivity contribution is 1.22. The van der Waals surface area contributed by atoms with Gasteiger partial charge in [0.15, 0.2) is 0 Å². The zero-order valence-corrected chi connectivity index (χ0v) is 14.2. The highest BCUT2D eigenvalue weighted by atomic mass is 14.8. The van der Waals surface area contributed by atoms with Crippen molar-refractivity contribution in [3.8, 4) is 33.9 Å². The predicted molar refractivity (Wildman–Crippen MR) is 106 cm³/mol. The molecule has 124 valence electrons. The summed E-state index contributed by atoms with van der Waals surface area (Å²) in [5, 5.41) is 0. The zero-order valence-electron chi connectivity index (χ0n) is 14.2. The third kappa shape index (κ3) is 3.28. The van der Waals surface area contributed by atoms with Crippen LogP contribution in [0.4, 0.5) is 0 Å². The van der Waals surface area contributed by atoms with E-state index in [1.165, 1.54) is 0 Å². The van der Waals surface area contributed by atoms with Gasteiger partial charge in [-0.25, -0.2) is 4.98 Å². The van der Waals surface area contributed by atoms with E-state index in [1.54, 1.807) is 12.4 Å². The summed E-state index contributed by atoms with van der Waals surface area (Å²) < 4.78 is 0. The van der Waals surface area contributed by atoms with E-state index in [4.69, 9.17) is 4.98 Å². The summed E-state index contributed by atoms with van der Waals surface area (Å²) in [7, 11) is 0. The first kappa shape index (κ1) is 15.9. The molecule has 1 aromatic carbocycles. The van der Waals surface area contributed by atoms with Crippen molar-refractivity contribution >= 4 is 6.08 Å². The van der Waals surface area contributed by atoms with E-state index in [-0.39, 0.29) is 0 Å². The van der Waals surface area contributed by atoms with E-state index in [1.807, 2.05) is 42.5 Å². The summed E-state index contributed by atoms with van der Waals surface area (Å²) in [6.07, 6.45) is 5.40. The van der Waals surface area contributed by atoms with E-state index >= 15 is 0 Å². The van der Waals surface area contributed by atoms with Crippen LogP contribution in [0.1, 0.15) is 5.56 Å². The fourth-order valence-corrected chi connectivity index (χ4v) is 2.80. The Labute approximate surface area is 152 Å². The highest BCUT2D eigenvalue weighted by Gasteiger charge is 2.10. The summed E-state index contributed by atoms with van der Waals surface area (Å²) in [6, 6.07) is 24.1. The molecule has 0 amide bonds. The van der Waals surface area contributed by atoms with Crippen LogP contribution in [0.2, 0.25) is 0 Å². The van der Waals surface area contributed by atoms with Gasteiger partial charge in [-0.2, -0.15) is 0 Å². The third-order valence-electron chi connectivity index (χ3n) is 4.16. The smallest absolute Gasteiger partial charge is 0.0900 e. The Kier molecular flexibility index (Phi) is 4.35. The number of rotatable bonds is 4. The van der Waals surface area contributed by atoms with Crippen molar-refractivity contribution in [1.82, 2.24) is 15.0 Å². The van der Waals surface area contributed by atoms with Crippen molar-refractivity contribution in [2.24, 2.45) is 0 Å². The largest absolute Gasteiger partial charge is 0.255 e. The van der Waals surface area contributed by atoms with Gasteiger partial charge in [0, 0.05) is 12.4 Å². The SMILES string of the molecule is C=Cc1ccc(-c2cc(-c3ccccn3)nc(-c3ccccn3)c2)cc1. The second-order valence-electron chi connectivity index (χ2n) is 5.88. The van der Waals surface area contributed by atoms with Crippen LogP contribution in [0.15, 0.2) is 91.8 Å². The van der Waals surface area contributed by atoms with Crippen LogP contribution in [-0.4, -0.2) is 15.0 Å². The molecule has 0 atom stereocenters. The lowest BCUT2D eigenvalue weighted by Crippen LogP contribution is -1.93. The van der Waals surface area contributed by atoms with Gasteiger partial charge in [0.25, 0.3) is 0 Å². The summed E-state index contributed by atoms with van der Waals surface area (Å²) >= 11 is 0. The maximum atomic E-state index is 4.79. The molecule has 0 fully saturated rings. The molecule has 3 aromatic heterocycles. The molecule has 0 spiro atoms. The topological polar surface area (TPSA) is 38.7 Å². The molecule has 0 aliphatic rings. The molecule has 0 aliphatic carbocycles. The normalized spacial score (nSPS) is 10.5. The predicted octanol–water partition coefficient (Wildman–Crippen LogP) is 5.52. The molecular formula is C23H17N3. The minimum Gasteiger partial charge on any atom is -0.255 e. The Balaban J connectivity index is 1.88. The van der Waals surface area contributed by atoms with E-state index in [0.717, 1.165) is 39.5 Å². The van der Waals surface area contributed by atoms with Crippen LogP contribution in [0.3, 0.4) is 0 Å². The van der Waals surface area contributed by atoms with Crippen molar-refractivity contribution in [3.63, 3.8) is 0 Å². The van der Waals surface area contributed by atoms with E-state index in [2.05, 4.69) is 52.9 Å². The fourth-order valence-electron chi connectivity index (χ4n) is 2.80. The molecule has 3 nitrogen and oxygen atoms in total. The van der Waals surface area contributed by atoms with Crippen molar-refractivity contribution in [1.29, 1.82) is 0 Å². The maximum Gasteiger partial charge on any atom is 0.0900 e. The molecule has 0 aliphatic heterocycles. The number of benzene rings is 1. The highest BCUT2D eigenvalue weighted by Crippen LogP contribution is 2.29. The average Bonchev–Trinajstić information content (AvgIpc) is 2.75. The van der Waals surface area contributed by atoms with E-state index in [0.29, 0.717) is 0 Å². The molecule has 0 bridgehead atoms. The number of hydrogen-bond acceptors (Lipinski definition) is 3. The molecule has 0 unspecified atom stereocenters. The standard InChI is InChI=1S/C23H17N3/c1-2-17-9-11-18(12-10-17)19-15-22(20-7-3-5-13-24-20)26-23(16-19)21-8-4-6-14-25-21/h2-16H,1H2. The quantitative estimate of drug-likeness (QED) is 0.493. The van der Waals surface area contributed by atoms with E-state index in [9.17, 15) is 0 Å². The monoisotopic (exact) mass is 335 g/mol. The molecule has 4 aromatic rings. The minimum absolute atomic E-state index is 0.830. The van der Waals surface area contributed by atoms with Crippen LogP contribution >= 0.6 is 0 Å². The fraction of sp³-hybridized carbons (Fsp3) is 0. The molecule has 3 heterocycles. The van der Waals surface area contributed by atoms with Crippen molar-refractivity contribution in [3.05, 3.63) is 97.3 Å². The summed E-state index contributed by atoms with van der Waals surface area (Å²) in [6.45, 7) is 3.81. The van der Waals surface area contributed by atoms with Gasteiger partial charge in [-0.05, 0) is 53.1 Å². The van der Waals surface area contributed by atoms with Gasteiger partial charge in [0.05, 0.1) is 22.8 Å². The molecule has 26 heavy (non-hydrogen) atoms. The molecular weight excluding hydrogens is 318 g/mol. The Hall–Kier alpha value is -3.59. The van der Waals surface area contributed by atoms with Gasteiger partial charge < -0.3 is 0 Å². The lowest BCUT2D eigenvalue weighted by Gasteiger charge is -2.09. The molecule has 3 heteroatoms. The number of pyridine rings is 3. The van der Waals surface area contributed by atoms with E-state index < -0.39 is 0 Å². The maximum absolute atomic E-state index is 4.79. The second-order valence-corrected chi connectivity index (χ2v) is 5.88. The van der Waals surface area contributed by atoms with Crippen LogP contribution in [0.25, 0.3) is 40.0 Å². The molecule has 0 saturated heterocycles. The molecule has 0 saturated carbocycles. The Morgan fingerprint density at radius 2 is 1.19 bits per heavy atom. The summed E-state index contributed by atoms with van der Waals surface area (Å²) in [5.41, 5.74) is 6.64. The highest BCUT2D eigenvalue weighted by molar-refractivity contribution is 5.75. The molecule has 0 radical (unpaired) electrons. The van der Waals surface area contributed by atoms with Crippen LogP contribution in [0, 0.1) is 0 Å². The Morgan fingerprint density at radius 1 is 0.615 bits per heavy atom. The number of aromatic nitrogens is 3. The van der Waals surface area contributed by atoms with Gasteiger partial charge in [-0.15, -0.1) is 0 Å². The Morgan fingerprint density at radius 3 is 1.65 bits per heavy atom. The first-order valence-electron chi connectivity index (χ1n) is 8.41. The lowest BCUT2D eigenvalue weighted by atomic mass is 10.0. The average molecular weight is 335 g/mol. The van der Waals surface area contributed by atoms with Gasteiger partial charge in [-0.1, -0.05) is 49.1 Å². The van der Waals surface area contributed by atoms with Crippen molar-refractivity contribution in [2.45, 2.75) is 0 Å². The molecule has 0 N–H and O–H groups in total. The minimum atomic E-state index is 0.830. The van der Waals surface area contributed by atoms with Crippen molar-refractivity contribution < 1.29 is 0 Å². The number of nitrogens with zero attached hydrogens (tertiary/aromatic N) is 3.